The van der Waals surface area contributed by atoms with E-state index in [1.54, 1.807) is 0 Å². The highest BCUT2D eigenvalue weighted by Gasteiger charge is 2.01. The molecule has 2 aromatic carbocycles. The van der Waals surface area contributed by atoms with Crippen LogP contribution in [0.15, 0.2) is 48.5 Å². The van der Waals surface area contributed by atoms with Crippen LogP contribution in [0.4, 0.5) is 0 Å². The summed E-state index contributed by atoms with van der Waals surface area (Å²) in [6.45, 7) is 1.72. The molecule has 0 spiro atoms. The summed E-state index contributed by atoms with van der Waals surface area (Å²) in [5.41, 5.74) is 6.38. The lowest BCUT2D eigenvalue weighted by molar-refractivity contribution is 0.300. The van der Waals surface area contributed by atoms with Crippen molar-refractivity contribution in [2.75, 3.05) is 13.2 Å². The van der Waals surface area contributed by atoms with Crippen molar-refractivity contribution in [3.63, 3.8) is 0 Å². The number of benzene rings is 2. The number of rotatable bonds is 7. The predicted molar refractivity (Wildman–Crippen MR) is 88.6 cm³/mol. The number of hydrogen-bond donors (Lipinski definition) is 1. The zero-order valence-corrected chi connectivity index (χ0v) is 13.2. The number of nitrogens with two attached hydrogens (primary N) is 1. The molecule has 0 bridgehead atoms. The van der Waals surface area contributed by atoms with Crippen LogP contribution in [-0.2, 0) is 6.61 Å². The zero-order valence-electron chi connectivity index (χ0n) is 11.6. The molecule has 0 heterocycles. The molecule has 2 aromatic rings. The third-order valence-corrected chi connectivity index (χ3v) is 3.16. The molecule has 0 atom stereocenters. The standard InChI is InChI=1S/C16H18ClNO2.ClH/c17-16-5-2-1-4-13(16)12-20-15-8-6-14(7-9-15)19-11-3-10-18;/h1-2,4-9H,3,10-12,18H2;1H. The van der Waals surface area contributed by atoms with Gasteiger partial charge in [-0.05, 0) is 43.3 Å². The Hall–Kier alpha value is -1.42. The Morgan fingerprint density at radius 2 is 1.52 bits per heavy atom. The smallest absolute Gasteiger partial charge is 0.120 e. The first kappa shape index (κ1) is 17.6. The van der Waals surface area contributed by atoms with E-state index in [0.29, 0.717) is 24.8 Å². The van der Waals surface area contributed by atoms with Gasteiger partial charge in [0.1, 0.15) is 18.1 Å². The molecule has 2 rings (SSSR count). The van der Waals surface area contributed by atoms with Gasteiger partial charge in [0.2, 0.25) is 0 Å². The van der Waals surface area contributed by atoms with Gasteiger partial charge in [-0.1, -0.05) is 29.8 Å². The maximum Gasteiger partial charge on any atom is 0.120 e. The van der Waals surface area contributed by atoms with Crippen LogP contribution < -0.4 is 15.2 Å². The average molecular weight is 328 g/mol. The van der Waals surface area contributed by atoms with E-state index >= 15 is 0 Å². The fourth-order valence-corrected chi connectivity index (χ4v) is 1.87. The Labute approximate surface area is 136 Å². The average Bonchev–Trinajstić information content (AvgIpc) is 2.48. The van der Waals surface area contributed by atoms with Crippen molar-refractivity contribution < 1.29 is 9.47 Å². The van der Waals surface area contributed by atoms with Gasteiger partial charge in [0, 0.05) is 10.6 Å². The molecule has 0 radical (unpaired) electrons. The van der Waals surface area contributed by atoms with Crippen LogP contribution in [0.5, 0.6) is 11.5 Å². The lowest BCUT2D eigenvalue weighted by atomic mass is 10.2. The second-order valence-corrected chi connectivity index (χ2v) is 4.75. The van der Waals surface area contributed by atoms with E-state index < -0.39 is 0 Å². The minimum Gasteiger partial charge on any atom is -0.494 e. The monoisotopic (exact) mass is 327 g/mol. The molecule has 0 saturated heterocycles. The summed E-state index contributed by atoms with van der Waals surface area (Å²) >= 11 is 6.08. The molecule has 0 saturated carbocycles. The van der Waals surface area contributed by atoms with Crippen LogP contribution >= 0.6 is 24.0 Å². The summed E-state index contributed by atoms with van der Waals surface area (Å²) < 4.78 is 11.2. The first-order chi connectivity index (χ1) is 9.79. The first-order valence-corrected chi connectivity index (χ1v) is 6.96. The minimum absolute atomic E-state index is 0. The van der Waals surface area contributed by atoms with Gasteiger partial charge in [0.05, 0.1) is 6.61 Å². The van der Waals surface area contributed by atoms with Crippen molar-refractivity contribution in [3.8, 4) is 11.5 Å². The topological polar surface area (TPSA) is 44.5 Å². The molecule has 5 heteroatoms. The number of hydrogen-bond acceptors (Lipinski definition) is 3. The fraction of sp³-hybridized carbons (Fsp3) is 0.250. The molecule has 3 nitrogen and oxygen atoms in total. The van der Waals surface area contributed by atoms with Crippen molar-refractivity contribution >= 4 is 24.0 Å². The molecule has 0 fully saturated rings. The second kappa shape index (κ2) is 9.50. The van der Waals surface area contributed by atoms with Crippen LogP contribution in [0.1, 0.15) is 12.0 Å². The van der Waals surface area contributed by atoms with Gasteiger partial charge < -0.3 is 15.2 Å². The zero-order chi connectivity index (χ0) is 14.2. The minimum atomic E-state index is 0. The Morgan fingerprint density at radius 3 is 2.14 bits per heavy atom. The lowest BCUT2D eigenvalue weighted by Gasteiger charge is -2.09. The highest BCUT2D eigenvalue weighted by atomic mass is 35.5. The van der Waals surface area contributed by atoms with E-state index in [0.717, 1.165) is 23.5 Å². The Kier molecular flexibility index (Phi) is 7.98. The van der Waals surface area contributed by atoms with Crippen LogP contribution in [0, 0.1) is 0 Å². The molecule has 2 N–H and O–H groups in total. The summed E-state index contributed by atoms with van der Waals surface area (Å²) in [4.78, 5) is 0. The molecule has 0 amide bonds. The molecule has 0 unspecified atom stereocenters. The molecule has 0 aromatic heterocycles. The normalized spacial score (nSPS) is 9.81. The van der Waals surface area contributed by atoms with Crippen molar-refractivity contribution in [2.24, 2.45) is 5.73 Å². The van der Waals surface area contributed by atoms with Crippen molar-refractivity contribution in [3.05, 3.63) is 59.1 Å². The van der Waals surface area contributed by atoms with Crippen LogP contribution in [0.3, 0.4) is 0 Å². The van der Waals surface area contributed by atoms with Gasteiger partial charge in [0.15, 0.2) is 0 Å². The van der Waals surface area contributed by atoms with E-state index in [2.05, 4.69) is 0 Å². The van der Waals surface area contributed by atoms with Crippen LogP contribution in [-0.4, -0.2) is 13.2 Å². The number of halogens is 2. The second-order valence-electron chi connectivity index (χ2n) is 4.34. The third-order valence-electron chi connectivity index (χ3n) is 2.79. The Balaban J connectivity index is 0.00000220. The quantitative estimate of drug-likeness (QED) is 0.779. The first-order valence-electron chi connectivity index (χ1n) is 6.59. The van der Waals surface area contributed by atoms with Gasteiger partial charge in [-0.3, -0.25) is 0 Å². The largest absolute Gasteiger partial charge is 0.494 e. The molecule has 114 valence electrons. The third kappa shape index (κ3) is 5.84. The molecule has 0 aliphatic rings. The fourth-order valence-electron chi connectivity index (χ4n) is 1.68. The Morgan fingerprint density at radius 1 is 0.905 bits per heavy atom. The van der Waals surface area contributed by atoms with Crippen molar-refractivity contribution in [1.82, 2.24) is 0 Å². The van der Waals surface area contributed by atoms with E-state index in [1.807, 2.05) is 48.5 Å². The van der Waals surface area contributed by atoms with E-state index in [1.165, 1.54) is 0 Å². The van der Waals surface area contributed by atoms with Crippen molar-refractivity contribution in [1.29, 1.82) is 0 Å². The summed E-state index contributed by atoms with van der Waals surface area (Å²) in [7, 11) is 0. The summed E-state index contributed by atoms with van der Waals surface area (Å²) in [5.74, 6) is 1.61. The molecular formula is C16H19Cl2NO2. The van der Waals surface area contributed by atoms with Gasteiger partial charge in [-0.25, -0.2) is 0 Å². The molecular weight excluding hydrogens is 309 g/mol. The van der Waals surface area contributed by atoms with E-state index in [4.69, 9.17) is 26.8 Å². The predicted octanol–water partition coefficient (Wildman–Crippen LogP) is 4.07. The van der Waals surface area contributed by atoms with Gasteiger partial charge >= 0.3 is 0 Å². The highest BCUT2D eigenvalue weighted by molar-refractivity contribution is 6.31. The summed E-state index contributed by atoms with van der Waals surface area (Å²) in [5, 5.41) is 0.717. The maximum atomic E-state index is 6.08. The summed E-state index contributed by atoms with van der Waals surface area (Å²) in [6.07, 6.45) is 0.852. The SMILES string of the molecule is Cl.NCCCOc1ccc(OCc2ccccc2Cl)cc1. The lowest BCUT2D eigenvalue weighted by Crippen LogP contribution is -2.06. The summed E-state index contributed by atoms with van der Waals surface area (Å²) in [6, 6.07) is 15.2. The molecule has 0 aliphatic carbocycles. The molecule has 0 aliphatic heterocycles. The van der Waals surface area contributed by atoms with Crippen LogP contribution in [0.25, 0.3) is 0 Å². The highest BCUT2D eigenvalue weighted by Crippen LogP contribution is 2.21. The van der Waals surface area contributed by atoms with Gasteiger partial charge in [-0.15, -0.1) is 12.4 Å². The maximum absolute atomic E-state index is 6.08. The van der Waals surface area contributed by atoms with Gasteiger partial charge in [0.25, 0.3) is 0 Å². The molecule has 21 heavy (non-hydrogen) atoms. The number of ether oxygens (including phenoxy) is 2. The van der Waals surface area contributed by atoms with E-state index in [-0.39, 0.29) is 12.4 Å². The van der Waals surface area contributed by atoms with Crippen LogP contribution in [0.2, 0.25) is 5.02 Å². The Bertz CT molecular complexity index is 532. The van der Waals surface area contributed by atoms with Crippen molar-refractivity contribution in [2.45, 2.75) is 13.0 Å². The van der Waals surface area contributed by atoms with E-state index in [9.17, 15) is 0 Å². The van der Waals surface area contributed by atoms with Gasteiger partial charge in [-0.2, -0.15) is 0 Å².